The number of hydrogen-bond donors (Lipinski definition) is 2. The van der Waals surface area contributed by atoms with Gasteiger partial charge in [0.25, 0.3) is 0 Å². The van der Waals surface area contributed by atoms with Gasteiger partial charge in [-0.05, 0) is 26.7 Å². The molecule has 5 heteroatoms. The molecule has 1 aliphatic heterocycles. The van der Waals surface area contributed by atoms with Gasteiger partial charge in [-0.1, -0.05) is 0 Å². The van der Waals surface area contributed by atoms with Crippen LogP contribution in [0.3, 0.4) is 0 Å². The number of rotatable bonds is 4. The third-order valence-corrected chi connectivity index (χ3v) is 2.73. The van der Waals surface area contributed by atoms with Gasteiger partial charge in [0, 0.05) is 12.6 Å². The van der Waals surface area contributed by atoms with E-state index in [1.807, 2.05) is 0 Å². The first-order valence-corrected chi connectivity index (χ1v) is 5.17. The van der Waals surface area contributed by atoms with Gasteiger partial charge >= 0.3 is 5.97 Å². The van der Waals surface area contributed by atoms with Gasteiger partial charge < -0.3 is 15.2 Å². The fraction of sp³-hybridized carbons (Fsp3) is 0.800. The van der Waals surface area contributed by atoms with Gasteiger partial charge in [0.2, 0.25) is 5.91 Å². The Morgan fingerprint density at radius 3 is 2.60 bits per heavy atom. The van der Waals surface area contributed by atoms with Crippen LogP contribution in [-0.2, 0) is 14.3 Å². The van der Waals surface area contributed by atoms with Gasteiger partial charge in [0.05, 0.1) is 5.92 Å². The average molecular weight is 215 g/mol. The van der Waals surface area contributed by atoms with E-state index in [1.165, 1.54) is 0 Å². The molecule has 86 valence electrons. The smallest absolute Gasteiger partial charge is 0.308 e. The lowest BCUT2D eigenvalue weighted by molar-refractivity contribution is -0.142. The second-order valence-corrected chi connectivity index (χ2v) is 3.93. The number of hydrogen-bond acceptors (Lipinski definition) is 3. The molecule has 1 fully saturated rings. The summed E-state index contributed by atoms with van der Waals surface area (Å²) in [4.78, 5) is 22.2. The van der Waals surface area contributed by atoms with Crippen LogP contribution in [-0.4, -0.2) is 35.7 Å². The summed E-state index contributed by atoms with van der Waals surface area (Å²) in [6.45, 7) is 3.87. The molecule has 5 nitrogen and oxygen atoms in total. The van der Waals surface area contributed by atoms with Gasteiger partial charge in [-0.3, -0.25) is 9.59 Å². The zero-order chi connectivity index (χ0) is 11.4. The number of aliphatic carboxylic acids is 1. The van der Waals surface area contributed by atoms with E-state index in [2.05, 4.69) is 5.32 Å². The molecule has 0 aromatic rings. The number of nitrogens with one attached hydrogen (secondary N) is 1. The molecule has 1 rings (SSSR count). The van der Waals surface area contributed by atoms with Gasteiger partial charge in [0.15, 0.2) is 0 Å². The SMILES string of the molecule is CC(NC(=O)[C@@H]1CCCO1)C(C)C(=O)O. The van der Waals surface area contributed by atoms with E-state index in [0.717, 1.165) is 12.8 Å². The van der Waals surface area contributed by atoms with E-state index in [1.54, 1.807) is 13.8 Å². The molecule has 15 heavy (non-hydrogen) atoms. The van der Waals surface area contributed by atoms with Crippen LogP contribution in [0.4, 0.5) is 0 Å². The van der Waals surface area contributed by atoms with Crippen LogP contribution < -0.4 is 5.32 Å². The fourth-order valence-corrected chi connectivity index (χ4v) is 1.44. The molecule has 0 spiro atoms. The van der Waals surface area contributed by atoms with Crippen molar-refractivity contribution in [2.45, 2.75) is 38.8 Å². The first-order valence-electron chi connectivity index (χ1n) is 5.17. The largest absolute Gasteiger partial charge is 0.481 e. The Labute approximate surface area is 88.8 Å². The van der Waals surface area contributed by atoms with E-state index < -0.39 is 18.0 Å². The quantitative estimate of drug-likeness (QED) is 0.711. The van der Waals surface area contributed by atoms with Crippen molar-refractivity contribution in [2.24, 2.45) is 5.92 Å². The van der Waals surface area contributed by atoms with E-state index in [9.17, 15) is 9.59 Å². The van der Waals surface area contributed by atoms with Crippen LogP contribution in [0.25, 0.3) is 0 Å². The van der Waals surface area contributed by atoms with Crippen molar-refractivity contribution in [3.63, 3.8) is 0 Å². The Balaban J connectivity index is 2.39. The first-order chi connectivity index (χ1) is 7.02. The minimum absolute atomic E-state index is 0.201. The summed E-state index contributed by atoms with van der Waals surface area (Å²) in [7, 11) is 0. The van der Waals surface area contributed by atoms with Crippen molar-refractivity contribution in [3.05, 3.63) is 0 Å². The molecule has 1 heterocycles. The number of carboxylic acids is 1. The maximum atomic E-state index is 11.6. The summed E-state index contributed by atoms with van der Waals surface area (Å²) in [6, 6.07) is -0.376. The molecule has 1 saturated heterocycles. The molecule has 0 aromatic heterocycles. The zero-order valence-corrected chi connectivity index (χ0v) is 9.03. The normalized spacial score (nSPS) is 24.5. The highest BCUT2D eigenvalue weighted by Gasteiger charge is 2.27. The Kier molecular flexibility index (Phi) is 4.08. The van der Waals surface area contributed by atoms with E-state index in [4.69, 9.17) is 9.84 Å². The van der Waals surface area contributed by atoms with E-state index >= 15 is 0 Å². The fourth-order valence-electron chi connectivity index (χ4n) is 1.44. The van der Waals surface area contributed by atoms with Crippen LogP contribution in [0.2, 0.25) is 0 Å². The Bertz CT molecular complexity index is 248. The lowest BCUT2D eigenvalue weighted by atomic mass is 10.0. The average Bonchev–Trinajstić information content (AvgIpc) is 2.68. The standard InChI is InChI=1S/C10H17NO4/c1-6(10(13)14)7(2)11-9(12)8-4-3-5-15-8/h6-8H,3-5H2,1-2H3,(H,11,12)(H,13,14)/t6?,7?,8-/m0/s1. The summed E-state index contributed by atoms with van der Waals surface area (Å²) in [5, 5.41) is 11.4. The highest BCUT2D eigenvalue weighted by molar-refractivity contribution is 5.82. The Morgan fingerprint density at radius 1 is 1.47 bits per heavy atom. The maximum absolute atomic E-state index is 11.6. The Hall–Kier alpha value is -1.10. The molecule has 2 N–H and O–H groups in total. The van der Waals surface area contributed by atoms with Crippen LogP contribution in [0.1, 0.15) is 26.7 Å². The third kappa shape index (κ3) is 3.20. The van der Waals surface area contributed by atoms with E-state index in [-0.39, 0.29) is 11.9 Å². The van der Waals surface area contributed by atoms with Crippen molar-refractivity contribution < 1.29 is 19.4 Å². The molecule has 0 radical (unpaired) electrons. The predicted molar refractivity (Wildman–Crippen MR) is 53.4 cm³/mol. The summed E-state index contributed by atoms with van der Waals surface area (Å²) >= 11 is 0. The zero-order valence-electron chi connectivity index (χ0n) is 9.03. The number of carbonyl (C=O) groups excluding carboxylic acids is 1. The van der Waals surface area contributed by atoms with Gasteiger partial charge in [0.1, 0.15) is 6.10 Å². The molecule has 0 saturated carbocycles. The molecule has 1 aliphatic rings. The van der Waals surface area contributed by atoms with Crippen molar-refractivity contribution >= 4 is 11.9 Å². The second-order valence-electron chi connectivity index (χ2n) is 3.93. The molecular weight excluding hydrogens is 198 g/mol. The summed E-state index contributed by atoms with van der Waals surface area (Å²) in [5.41, 5.74) is 0. The first kappa shape index (κ1) is 12.0. The number of carboxylic acid groups (broad SMARTS) is 1. The lowest BCUT2D eigenvalue weighted by Gasteiger charge is -2.19. The Morgan fingerprint density at radius 2 is 2.13 bits per heavy atom. The van der Waals surface area contributed by atoms with Crippen LogP contribution in [0, 0.1) is 5.92 Å². The summed E-state index contributed by atoms with van der Waals surface area (Å²) < 4.78 is 5.20. The highest BCUT2D eigenvalue weighted by Crippen LogP contribution is 2.12. The van der Waals surface area contributed by atoms with Crippen molar-refractivity contribution in [2.75, 3.05) is 6.61 Å². The highest BCUT2D eigenvalue weighted by atomic mass is 16.5. The van der Waals surface area contributed by atoms with Gasteiger partial charge in [-0.25, -0.2) is 0 Å². The second kappa shape index (κ2) is 5.11. The topological polar surface area (TPSA) is 75.6 Å². The van der Waals surface area contributed by atoms with Crippen molar-refractivity contribution in [1.82, 2.24) is 5.32 Å². The molecule has 0 aromatic carbocycles. The third-order valence-electron chi connectivity index (χ3n) is 2.73. The van der Waals surface area contributed by atoms with E-state index in [0.29, 0.717) is 6.61 Å². The maximum Gasteiger partial charge on any atom is 0.308 e. The van der Waals surface area contributed by atoms with Crippen LogP contribution in [0.15, 0.2) is 0 Å². The number of ether oxygens (including phenoxy) is 1. The lowest BCUT2D eigenvalue weighted by Crippen LogP contribution is -2.44. The monoisotopic (exact) mass is 215 g/mol. The predicted octanol–water partition coefficient (Wildman–Crippen LogP) is 0.391. The minimum Gasteiger partial charge on any atom is -0.481 e. The van der Waals surface area contributed by atoms with Crippen molar-refractivity contribution in [3.8, 4) is 0 Å². The summed E-state index contributed by atoms with van der Waals surface area (Å²) in [5.74, 6) is -1.70. The summed E-state index contributed by atoms with van der Waals surface area (Å²) in [6.07, 6.45) is 1.22. The van der Waals surface area contributed by atoms with Crippen LogP contribution >= 0.6 is 0 Å². The molecular formula is C10H17NO4. The number of amides is 1. The van der Waals surface area contributed by atoms with Crippen molar-refractivity contribution in [1.29, 1.82) is 0 Å². The molecule has 2 unspecified atom stereocenters. The van der Waals surface area contributed by atoms with Crippen LogP contribution in [0.5, 0.6) is 0 Å². The molecule has 0 aliphatic carbocycles. The molecule has 0 bridgehead atoms. The molecule has 3 atom stereocenters. The minimum atomic E-state index is -0.907. The van der Waals surface area contributed by atoms with Gasteiger partial charge in [-0.2, -0.15) is 0 Å². The molecule has 1 amide bonds. The number of carbonyl (C=O) groups is 2. The van der Waals surface area contributed by atoms with Gasteiger partial charge in [-0.15, -0.1) is 0 Å².